The van der Waals surface area contributed by atoms with Gasteiger partial charge in [-0.25, -0.2) is 14.1 Å². The first-order chi connectivity index (χ1) is 15.9. The number of primary amides is 1. The highest BCUT2D eigenvalue weighted by atomic mass is 35.5. The molecule has 0 radical (unpaired) electrons. The molecule has 1 aliphatic carbocycles. The molecule has 0 saturated carbocycles. The summed E-state index contributed by atoms with van der Waals surface area (Å²) < 4.78 is 15.1. The standard InChI is InChI=1S/C24H17ClFN5O2/c25-20-11-14(9-10-28-20)24(33)29-16-5-1-13-2-8-18-21(23(27)32)30-31(22(18)19(13)12-16)17-6-3-15(26)4-7-17/h1,3-7,9-12H,2,8H2,(H2,27,32)(H,29,33). The van der Waals surface area contributed by atoms with E-state index in [1.165, 1.54) is 24.4 Å². The van der Waals surface area contributed by atoms with Crippen molar-refractivity contribution in [2.45, 2.75) is 12.8 Å². The highest BCUT2D eigenvalue weighted by molar-refractivity contribution is 6.29. The van der Waals surface area contributed by atoms with Crippen LogP contribution in [0.3, 0.4) is 0 Å². The van der Waals surface area contributed by atoms with Crippen LogP contribution in [0.15, 0.2) is 60.8 Å². The van der Waals surface area contributed by atoms with Gasteiger partial charge in [-0.15, -0.1) is 0 Å². The van der Waals surface area contributed by atoms with Gasteiger partial charge in [-0.3, -0.25) is 9.59 Å². The summed E-state index contributed by atoms with van der Waals surface area (Å²) >= 11 is 5.89. The molecule has 2 amide bonds. The van der Waals surface area contributed by atoms with Gasteiger partial charge < -0.3 is 11.1 Å². The molecule has 0 aliphatic heterocycles. The molecule has 9 heteroatoms. The lowest BCUT2D eigenvalue weighted by molar-refractivity contribution is 0.0992. The number of anilines is 1. The summed E-state index contributed by atoms with van der Waals surface area (Å²) in [5.41, 5.74) is 10.6. The molecule has 0 saturated heterocycles. The van der Waals surface area contributed by atoms with Gasteiger partial charge in [0.1, 0.15) is 11.0 Å². The first-order valence-corrected chi connectivity index (χ1v) is 10.5. The zero-order chi connectivity index (χ0) is 23.1. The number of amides is 2. The highest BCUT2D eigenvalue weighted by Gasteiger charge is 2.28. The number of hydrogen-bond acceptors (Lipinski definition) is 4. The van der Waals surface area contributed by atoms with Crippen LogP contribution in [0.2, 0.25) is 5.15 Å². The van der Waals surface area contributed by atoms with E-state index in [1.807, 2.05) is 18.2 Å². The predicted octanol–water partition coefficient (Wildman–Crippen LogP) is 4.18. The molecule has 0 atom stereocenters. The van der Waals surface area contributed by atoms with Gasteiger partial charge in [0.15, 0.2) is 5.69 Å². The Morgan fingerprint density at radius 2 is 1.85 bits per heavy atom. The van der Waals surface area contributed by atoms with Crippen molar-refractivity contribution in [1.82, 2.24) is 14.8 Å². The van der Waals surface area contributed by atoms with Crippen molar-refractivity contribution < 1.29 is 14.0 Å². The van der Waals surface area contributed by atoms with E-state index in [0.29, 0.717) is 35.5 Å². The first kappa shape index (κ1) is 20.8. The molecular formula is C24H17ClFN5O2. The minimum Gasteiger partial charge on any atom is -0.364 e. The molecule has 2 aromatic carbocycles. The van der Waals surface area contributed by atoms with Gasteiger partial charge >= 0.3 is 0 Å². The van der Waals surface area contributed by atoms with Gasteiger partial charge in [-0.1, -0.05) is 17.7 Å². The number of halogens is 2. The maximum absolute atomic E-state index is 13.5. The van der Waals surface area contributed by atoms with Gasteiger partial charge in [-0.05, 0) is 66.9 Å². The molecule has 0 spiro atoms. The molecule has 2 heterocycles. The molecule has 164 valence electrons. The number of nitrogens with one attached hydrogen (secondary N) is 1. The average molecular weight is 462 g/mol. The molecule has 33 heavy (non-hydrogen) atoms. The van der Waals surface area contributed by atoms with Crippen LogP contribution in [0.5, 0.6) is 0 Å². The van der Waals surface area contributed by atoms with Crippen LogP contribution in [-0.2, 0) is 12.8 Å². The van der Waals surface area contributed by atoms with Gasteiger partial charge in [0, 0.05) is 28.6 Å². The number of aryl methyl sites for hydroxylation is 1. The van der Waals surface area contributed by atoms with Crippen LogP contribution in [-0.4, -0.2) is 26.6 Å². The Hall–Kier alpha value is -4.04. The van der Waals surface area contributed by atoms with E-state index in [4.69, 9.17) is 17.3 Å². The second-order valence-electron chi connectivity index (χ2n) is 7.62. The largest absolute Gasteiger partial charge is 0.364 e. The van der Waals surface area contributed by atoms with Gasteiger partial charge in [0.2, 0.25) is 0 Å². The van der Waals surface area contributed by atoms with Gasteiger partial charge in [0.05, 0.1) is 11.4 Å². The Morgan fingerprint density at radius 3 is 2.58 bits per heavy atom. The topological polar surface area (TPSA) is 103 Å². The third-order valence-electron chi connectivity index (χ3n) is 5.54. The molecule has 2 aromatic heterocycles. The maximum atomic E-state index is 13.5. The number of aromatic nitrogens is 3. The van der Waals surface area contributed by atoms with Crippen molar-refractivity contribution in [3.05, 3.63) is 94.1 Å². The average Bonchev–Trinajstić information content (AvgIpc) is 3.20. The van der Waals surface area contributed by atoms with E-state index in [1.54, 1.807) is 22.9 Å². The summed E-state index contributed by atoms with van der Waals surface area (Å²) in [6.07, 6.45) is 2.73. The fourth-order valence-corrected chi connectivity index (χ4v) is 4.20. The smallest absolute Gasteiger partial charge is 0.269 e. The quantitative estimate of drug-likeness (QED) is 0.445. The Balaban J connectivity index is 1.60. The van der Waals surface area contributed by atoms with Gasteiger partial charge in [0.25, 0.3) is 11.8 Å². The summed E-state index contributed by atoms with van der Waals surface area (Å²) in [4.78, 5) is 28.7. The van der Waals surface area contributed by atoms with Crippen LogP contribution in [0, 0.1) is 5.82 Å². The number of nitrogens with zero attached hydrogens (tertiary/aromatic N) is 3. The zero-order valence-electron chi connectivity index (χ0n) is 17.2. The van der Waals surface area contributed by atoms with E-state index < -0.39 is 5.91 Å². The summed E-state index contributed by atoms with van der Waals surface area (Å²) in [7, 11) is 0. The molecule has 7 nitrogen and oxygen atoms in total. The van der Waals surface area contributed by atoms with E-state index in [2.05, 4.69) is 15.4 Å². The predicted molar refractivity (Wildman–Crippen MR) is 122 cm³/mol. The fraction of sp³-hybridized carbons (Fsp3) is 0.0833. The van der Waals surface area contributed by atoms with Crippen molar-refractivity contribution in [2.75, 3.05) is 5.32 Å². The number of carbonyl (C=O) groups excluding carboxylic acids is 2. The molecule has 0 fully saturated rings. The monoisotopic (exact) mass is 461 g/mol. The summed E-state index contributed by atoms with van der Waals surface area (Å²) in [5, 5.41) is 7.54. The molecular weight excluding hydrogens is 445 g/mol. The fourth-order valence-electron chi connectivity index (χ4n) is 4.03. The molecule has 5 rings (SSSR count). The third-order valence-corrected chi connectivity index (χ3v) is 5.75. The van der Waals surface area contributed by atoms with Crippen LogP contribution < -0.4 is 11.1 Å². The van der Waals surface area contributed by atoms with E-state index in [-0.39, 0.29) is 22.6 Å². The molecule has 0 unspecified atom stereocenters. The van der Waals surface area contributed by atoms with Crippen molar-refractivity contribution in [3.8, 4) is 16.9 Å². The number of carbonyl (C=O) groups is 2. The normalized spacial score (nSPS) is 12.1. The minimum atomic E-state index is -0.630. The van der Waals surface area contributed by atoms with Crippen molar-refractivity contribution >= 4 is 29.1 Å². The Morgan fingerprint density at radius 1 is 1.06 bits per heavy atom. The number of benzene rings is 2. The summed E-state index contributed by atoms with van der Waals surface area (Å²) in [6, 6.07) is 14.5. The number of nitrogens with two attached hydrogens (primary N) is 1. The van der Waals surface area contributed by atoms with Crippen molar-refractivity contribution in [1.29, 1.82) is 0 Å². The number of hydrogen-bond donors (Lipinski definition) is 2. The van der Waals surface area contributed by atoms with Crippen LogP contribution in [0.4, 0.5) is 10.1 Å². The number of rotatable bonds is 4. The molecule has 1 aliphatic rings. The Labute approximate surface area is 193 Å². The molecule has 4 aromatic rings. The van der Waals surface area contributed by atoms with Crippen LogP contribution >= 0.6 is 11.6 Å². The first-order valence-electron chi connectivity index (χ1n) is 10.1. The minimum absolute atomic E-state index is 0.181. The maximum Gasteiger partial charge on any atom is 0.269 e. The second-order valence-corrected chi connectivity index (χ2v) is 8.01. The zero-order valence-corrected chi connectivity index (χ0v) is 17.9. The second kappa shape index (κ2) is 8.14. The molecule has 3 N–H and O–H groups in total. The van der Waals surface area contributed by atoms with Crippen molar-refractivity contribution in [3.63, 3.8) is 0 Å². The van der Waals surface area contributed by atoms with E-state index >= 15 is 0 Å². The Kier molecular flexibility index (Phi) is 5.14. The molecule has 0 bridgehead atoms. The summed E-state index contributed by atoms with van der Waals surface area (Å²) in [5.74, 6) is -1.34. The lowest BCUT2D eigenvalue weighted by Gasteiger charge is -2.20. The van der Waals surface area contributed by atoms with Crippen molar-refractivity contribution in [2.24, 2.45) is 5.73 Å². The number of fused-ring (bicyclic) bond motifs is 3. The SMILES string of the molecule is NC(=O)c1nn(-c2ccc(F)cc2)c2c1CCc1ccc(NC(=O)c3ccnc(Cl)c3)cc1-2. The number of pyridine rings is 1. The van der Waals surface area contributed by atoms with E-state index in [0.717, 1.165) is 16.7 Å². The lowest BCUT2D eigenvalue weighted by atomic mass is 9.88. The van der Waals surface area contributed by atoms with Gasteiger partial charge in [-0.2, -0.15) is 5.10 Å². The highest BCUT2D eigenvalue weighted by Crippen LogP contribution is 2.38. The van der Waals surface area contributed by atoms with E-state index in [9.17, 15) is 14.0 Å². The third kappa shape index (κ3) is 3.85. The van der Waals surface area contributed by atoms with Crippen LogP contribution in [0.25, 0.3) is 16.9 Å². The van der Waals surface area contributed by atoms with Crippen LogP contribution in [0.1, 0.15) is 32.0 Å². The lowest BCUT2D eigenvalue weighted by Crippen LogP contribution is -2.15. The summed E-state index contributed by atoms with van der Waals surface area (Å²) in [6.45, 7) is 0. The Bertz CT molecular complexity index is 1420.